The summed E-state index contributed by atoms with van der Waals surface area (Å²) in [6.45, 7) is 4.71. The van der Waals surface area contributed by atoms with Crippen LogP contribution in [0.25, 0.3) is 0 Å². The predicted molar refractivity (Wildman–Crippen MR) is 49.0 cm³/mol. The lowest BCUT2D eigenvalue weighted by atomic mass is 10.5. The third kappa shape index (κ3) is 3.52. The molecule has 0 aliphatic heterocycles. The van der Waals surface area contributed by atoms with Gasteiger partial charge in [0.2, 0.25) is 0 Å². The second-order valence-corrected chi connectivity index (χ2v) is 2.74. The first-order valence-corrected chi connectivity index (χ1v) is 4.53. The quantitative estimate of drug-likeness (QED) is 0.640. The summed E-state index contributed by atoms with van der Waals surface area (Å²) in [5.74, 6) is 0.676. The lowest BCUT2D eigenvalue weighted by Gasteiger charge is -2.01. The summed E-state index contributed by atoms with van der Waals surface area (Å²) in [6, 6.07) is 0. The standard InChI is InChI=1S/C8H16N4O/c1-2-4-13-5-3-12-7-10-8(6-9)11-12/h7H,2-6,9H2,1H3. The number of hydrogen-bond donors (Lipinski definition) is 1. The van der Waals surface area contributed by atoms with Gasteiger partial charge < -0.3 is 10.5 Å². The molecule has 0 unspecified atom stereocenters. The van der Waals surface area contributed by atoms with Crippen molar-refractivity contribution >= 4 is 0 Å². The minimum atomic E-state index is 0.392. The Morgan fingerprint density at radius 3 is 3.00 bits per heavy atom. The summed E-state index contributed by atoms with van der Waals surface area (Å²) < 4.78 is 7.06. The highest BCUT2D eigenvalue weighted by Crippen LogP contribution is 1.89. The molecule has 0 aliphatic rings. The normalized spacial score (nSPS) is 10.6. The lowest BCUT2D eigenvalue weighted by molar-refractivity contribution is 0.124. The van der Waals surface area contributed by atoms with Gasteiger partial charge >= 0.3 is 0 Å². The van der Waals surface area contributed by atoms with Gasteiger partial charge in [-0.15, -0.1) is 0 Å². The van der Waals surface area contributed by atoms with Gasteiger partial charge in [0.1, 0.15) is 6.33 Å². The van der Waals surface area contributed by atoms with E-state index in [2.05, 4.69) is 17.0 Å². The van der Waals surface area contributed by atoms with Gasteiger partial charge in [0.25, 0.3) is 0 Å². The maximum absolute atomic E-state index is 5.37. The number of nitrogens with zero attached hydrogens (tertiary/aromatic N) is 3. The van der Waals surface area contributed by atoms with Crippen LogP contribution in [0.15, 0.2) is 6.33 Å². The summed E-state index contributed by atoms with van der Waals surface area (Å²) in [4.78, 5) is 4.00. The van der Waals surface area contributed by atoms with E-state index in [1.165, 1.54) is 0 Å². The molecule has 0 saturated heterocycles. The van der Waals surface area contributed by atoms with Crippen molar-refractivity contribution in [2.75, 3.05) is 13.2 Å². The highest BCUT2D eigenvalue weighted by molar-refractivity contribution is 4.78. The molecule has 1 rings (SSSR count). The van der Waals surface area contributed by atoms with Crippen LogP contribution in [0.2, 0.25) is 0 Å². The summed E-state index contributed by atoms with van der Waals surface area (Å²) in [5, 5.41) is 4.13. The Morgan fingerprint density at radius 2 is 2.38 bits per heavy atom. The summed E-state index contributed by atoms with van der Waals surface area (Å²) in [5.41, 5.74) is 5.37. The molecule has 74 valence electrons. The zero-order valence-corrected chi connectivity index (χ0v) is 7.94. The Balaban J connectivity index is 2.20. The molecule has 0 aromatic carbocycles. The minimum absolute atomic E-state index is 0.392. The van der Waals surface area contributed by atoms with Gasteiger partial charge in [-0.3, -0.25) is 4.68 Å². The van der Waals surface area contributed by atoms with E-state index in [0.717, 1.165) is 19.6 Å². The van der Waals surface area contributed by atoms with E-state index in [-0.39, 0.29) is 0 Å². The van der Waals surface area contributed by atoms with Crippen molar-refractivity contribution < 1.29 is 4.74 Å². The molecule has 1 aromatic rings. The average molecular weight is 184 g/mol. The maximum atomic E-state index is 5.37. The van der Waals surface area contributed by atoms with Crippen molar-refractivity contribution in [2.24, 2.45) is 5.73 Å². The van der Waals surface area contributed by atoms with Crippen LogP contribution in [0.1, 0.15) is 19.2 Å². The van der Waals surface area contributed by atoms with Gasteiger partial charge in [-0.25, -0.2) is 4.98 Å². The predicted octanol–water partition coefficient (Wildman–Crippen LogP) is 0.163. The van der Waals surface area contributed by atoms with Crippen molar-refractivity contribution in [2.45, 2.75) is 26.4 Å². The van der Waals surface area contributed by atoms with Crippen LogP contribution in [0.4, 0.5) is 0 Å². The van der Waals surface area contributed by atoms with Gasteiger partial charge in [0.15, 0.2) is 5.82 Å². The zero-order chi connectivity index (χ0) is 9.52. The second-order valence-electron chi connectivity index (χ2n) is 2.74. The van der Waals surface area contributed by atoms with Crippen LogP contribution in [0.5, 0.6) is 0 Å². The van der Waals surface area contributed by atoms with Gasteiger partial charge in [0.05, 0.1) is 19.7 Å². The topological polar surface area (TPSA) is 66.0 Å². The molecule has 1 aromatic heterocycles. The zero-order valence-electron chi connectivity index (χ0n) is 7.94. The van der Waals surface area contributed by atoms with Crippen LogP contribution in [-0.4, -0.2) is 28.0 Å². The molecule has 0 fully saturated rings. The van der Waals surface area contributed by atoms with Crippen LogP contribution < -0.4 is 5.73 Å². The van der Waals surface area contributed by atoms with E-state index in [4.69, 9.17) is 10.5 Å². The van der Waals surface area contributed by atoms with Gasteiger partial charge in [-0.2, -0.15) is 5.10 Å². The van der Waals surface area contributed by atoms with E-state index in [0.29, 0.717) is 19.0 Å². The molecule has 0 spiro atoms. The molecule has 0 saturated carbocycles. The molecule has 13 heavy (non-hydrogen) atoms. The fourth-order valence-electron chi connectivity index (χ4n) is 0.939. The first kappa shape index (κ1) is 10.1. The van der Waals surface area contributed by atoms with Crippen LogP contribution >= 0.6 is 0 Å². The first-order valence-electron chi connectivity index (χ1n) is 4.53. The summed E-state index contributed by atoms with van der Waals surface area (Å²) in [6.07, 6.45) is 2.73. The third-order valence-corrected chi connectivity index (χ3v) is 1.58. The van der Waals surface area contributed by atoms with E-state index in [1.807, 2.05) is 0 Å². The molecule has 5 nitrogen and oxygen atoms in total. The molecule has 0 amide bonds. The molecular formula is C8H16N4O. The fraction of sp³-hybridized carbons (Fsp3) is 0.750. The maximum Gasteiger partial charge on any atom is 0.164 e. The molecule has 5 heteroatoms. The molecule has 2 N–H and O–H groups in total. The number of rotatable bonds is 6. The number of aromatic nitrogens is 3. The van der Waals surface area contributed by atoms with Crippen LogP contribution in [-0.2, 0) is 17.8 Å². The van der Waals surface area contributed by atoms with Crippen molar-refractivity contribution in [1.82, 2.24) is 14.8 Å². The number of ether oxygens (including phenoxy) is 1. The lowest BCUT2D eigenvalue weighted by Crippen LogP contribution is -2.08. The molecule has 0 bridgehead atoms. The van der Waals surface area contributed by atoms with Crippen molar-refractivity contribution in [3.05, 3.63) is 12.2 Å². The Kier molecular flexibility index (Phi) is 4.42. The van der Waals surface area contributed by atoms with Gasteiger partial charge in [-0.1, -0.05) is 6.92 Å². The van der Waals surface area contributed by atoms with E-state index < -0.39 is 0 Å². The molecule has 0 aliphatic carbocycles. The van der Waals surface area contributed by atoms with Crippen molar-refractivity contribution in [3.8, 4) is 0 Å². The minimum Gasteiger partial charge on any atom is -0.380 e. The largest absolute Gasteiger partial charge is 0.380 e. The SMILES string of the molecule is CCCOCCn1cnc(CN)n1. The summed E-state index contributed by atoms with van der Waals surface area (Å²) in [7, 11) is 0. The molecule has 0 atom stereocenters. The molecule has 0 radical (unpaired) electrons. The molecule has 1 heterocycles. The van der Waals surface area contributed by atoms with Gasteiger partial charge in [-0.05, 0) is 6.42 Å². The highest BCUT2D eigenvalue weighted by atomic mass is 16.5. The smallest absolute Gasteiger partial charge is 0.164 e. The van der Waals surface area contributed by atoms with E-state index >= 15 is 0 Å². The van der Waals surface area contributed by atoms with Crippen LogP contribution in [0, 0.1) is 0 Å². The van der Waals surface area contributed by atoms with E-state index in [1.54, 1.807) is 11.0 Å². The third-order valence-electron chi connectivity index (χ3n) is 1.58. The fourth-order valence-corrected chi connectivity index (χ4v) is 0.939. The average Bonchev–Trinajstić information content (AvgIpc) is 2.60. The second kappa shape index (κ2) is 5.66. The Bertz CT molecular complexity index is 236. The Labute approximate surface area is 77.9 Å². The van der Waals surface area contributed by atoms with Crippen LogP contribution in [0.3, 0.4) is 0 Å². The van der Waals surface area contributed by atoms with Gasteiger partial charge in [0, 0.05) is 6.61 Å². The molecular weight excluding hydrogens is 168 g/mol. The number of hydrogen-bond acceptors (Lipinski definition) is 4. The number of nitrogens with two attached hydrogens (primary N) is 1. The first-order chi connectivity index (χ1) is 6.36. The Hall–Kier alpha value is -0.940. The Morgan fingerprint density at radius 1 is 1.54 bits per heavy atom. The monoisotopic (exact) mass is 184 g/mol. The van der Waals surface area contributed by atoms with E-state index in [9.17, 15) is 0 Å². The van der Waals surface area contributed by atoms with Crippen molar-refractivity contribution in [1.29, 1.82) is 0 Å². The van der Waals surface area contributed by atoms with Crippen molar-refractivity contribution in [3.63, 3.8) is 0 Å². The highest BCUT2D eigenvalue weighted by Gasteiger charge is 1.97. The summed E-state index contributed by atoms with van der Waals surface area (Å²) >= 11 is 0.